The van der Waals surface area contributed by atoms with Crippen molar-refractivity contribution in [2.75, 3.05) is 5.94 Å². The Morgan fingerprint density at radius 1 is 1.40 bits per heavy atom. The number of benzene rings is 1. The molecule has 82 valence electrons. The highest BCUT2D eigenvalue weighted by molar-refractivity contribution is 7.84. The summed E-state index contributed by atoms with van der Waals surface area (Å²) in [5, 5.41) is 0. The van der Waals surface area contributed by atoms with Gasteiger partial charge in [0.15, 0.2) is 5.94 Å². The van der Waals surface area contributed by atoms with Crippen molar-refractivity contribution < 1.29 is 18.2 Å². The van der Waals surface area contributed by atoms with E-state index in [-0.39, 0.29) is 5.94 Å². The third kappa shape index (κ3) is 5.14. The first-order chi connectivity index (χ1) is 7.08. The molecule has 0 saturated heterocycles. The molecule has 0 aromatic heterocycles. The van der Waals surface area contributed by atoms with E-state index in [2.05, 4.69) is 4.52 Å². The first kappa shape index (κ1) is 12.5. The fourth-order valence-electron chi connectivity index (χ4n) is 1.02. The quantitative estimate of drug-likeness (QED) is 0.807. The van der Waals surface area contributed by atoms with Crippen LogP contribution in [0.15, 0.2) is 24.3 Å². The molecule has 0 spiro atoms. The van der Waals surface area contributed by atoms with Gasteiger partial charge in [0.05, 0.1) is 16.6 Å². The number of aryl methyl sites for hydroxylation is 1. The molecule has 0 aliphatic heterocycles. The molecule has 1 unspecified atom stereocenters. The molecule has 0 bridgehead atoms. The maximum absolute atomic E-state index is 11.3. The minimum atomic E-state index is -2.66. The van der Waals surface area contributed by atoms with Gasteiger partial charge >= 0.3 is 8.25 Å². The van der Waals surface area contributed by atoms with Gasteiger partial charge in [0, 0.05) is 4.57 Å². The fraction of sp³-hybridized carbons (Fsp3) is 0.333. The minimum Gasteiger partial charge on any atom is -0.257 e. The summed E-state index contributed by atoms with van der Waals surface area (Å²) in [5.41, 5.74) is 2.06. The van der Waals surface area contributed by atoms with Gasteiger partial charge in [0.2, 0.25) is 0 Å². The molecule has 0 aliphatic carbocycles. The highest BCUT2D eigenvalue weighted by atomic mass is 32.2. The van der Waals surface area contributed by atoms with Gasteiger partial charge in [0.1, 0.15) is 0 Å². The van der Waals surface area contributed by atoms with Crippen molar-refractivity contribution in [3.05, 3.63) is 35.4 Å². The van der Waals surface area contributed by atoms with Gasteiger partial charge in [-0.1, -0.05) is 29.8 Å². The second kappa shape index (κ2) is 6.08. The van der Waals surface area contributed by atoms with E-state index in [9.17, 15) is 8.77 Å². The van der Waals surface area contributed by atoms with E-state index >= 15 is 0 Å². The van der Waals surface area contributed by atoms with Crippen LogP contribution in [-0.2, 0) is 25.6 Å². The Kier molecular flexibility index (Phi) is 5.05. The smallest absolute Gasteiger partial charge is 0.257 e. The Hall–Kier alpha value is -0.610. The normalized spacial score (nSPS) is 13.6. The zero-order valence-corrected chi connectivity index (χ0v) is 9.96. The van der Waals surface area contributed by atoms with Gasteiger partial charge in [-0.2, -0.15) is 0 Å². The highest BCUT2D eigenvalue weighted by Crippen LogP contribution is 2.15. The minimum absolute atomic E-state index is 0.209. The number of hydrogen-bond donors (Lipinski definition) is 1. The van der Waals surface area contributed by atoms with Crippen LogP contribution in [0, 0.1) is 6.92 Å². The molecule has 0 radical (unpaired) electrons. The molecule has 0 heterocycles. The second-order valence-electron chi connectivity index (χ2n) is 3.05. The topological polar surface area (TPSA) is 63.6 Å². The van der Waals surface area contributed by atoms with E-state index in [0.29, 0.717) is 5.75 Å². The lowest BCUT2D eigenvalue weighted by molar-refractivity contribution is 0.327. The fourth-order valence-corrected chi connectivity index (χ4v) is 2.49. The van der Waals surface area contributed by atoms with Crippen LogP contribution in [0.5, 0.6) is 0 Å². The van der Waals surface area contributed by atoms with Crippen molar-refractivity contribution >= 4 is 19.1 Å². The van der Waals surface area contributed by atoms with Gasteiger partial charge in [0.25, 0.3) is 0 Å². The van der Waals surface area contributed by atoms with Crippen LogP contribution >= 0.6 is 8.25 Å². The van der Waals surface area contributed by atoms with Crippen LogP contribution in [0.3, 0.4) is 0 Å². The van der Waals surface area contributed by atoms with Gasteiger partial charge in [-0.3, -0.25) is 4.21 Å². The Balaban J connectivity index is 2.44. The van der Waals surface area contributed by atoms with Crippen LogP contribution in [0.2, 0.25) is 0 Å². The second-order valence-corrected chi connectivity index (χ2v) is 5.19. The zero-order chi connectivity index (χ0) is 11.3. The van der Waals surface area contributed by atoms with E-state index in [1.165, 1.54) is 0 Å². The average molecular weight is 247 g/mol. The van der Waals surface area contributed by atoms with Crippen molar-refractivity contribution in [3.63, 3.8) is 0 Å². The predicted octanol–water partition coefficient (Wildman–Crippen LogP) is 1.87. The van der Waals surface area contributed by atoms with Crippen molar-refractivity contribution in [3.8, 4) is 0 Å². The van der Waals surface area contributed by atoms with Crippen LogP contribution in [0.1, 0.15) is 11.1 Å². The molecule has 15 heavy (non-hydrogen) atoms. The maximum Gasteiger partial charge on any atom is 0.695 e. The summed E-state index contributed by atoms with van der Waals surface area (Å²) in [7, 11) is -3.92. The van der Waals surface area contributed by atoms with E-state index < -0.39 is 19.1 Å². The third-order valence-electron chi connectivity index (χ3n) is 1.74. The van der Waals surface area contributed by atoms with Gasteiger partial charge < -0.3 is 0 Å². The molecular weight excluding hydrogens is 235 g/mol. The molecule has 6 heteroatoms. The number of hydrogen-bond acceptors (Lipinski definition) is 3. The van der Waals surface area contributed by atoms with Crippen molar-refractivity contribution in [1.29, 1.82) is 0 Å². The molecule has 1 aromatic carbocycles. The lowest BCUT2D eigenvalue weighted by atomic mass is 10.2. The Bertz CT molecular complexity index is 363. The van der Waals surface area contributed by atoms with E-state index in [1.54, 1.807) is 0 Å². The van der Waals surface area contributed by atoms with Crippen LogP contribution in [0.25, 0.3) is 0 Å². The average Bonchev–Trinajstić information content (AvgIpc) is 2.19. The largest absolute Gasteiger partial charge is 0.695 e. The molecule has 0 amide bonds. The maximum atomic E-state index is 11.3. The zero-order valence-electron chi connectivity index (χ0n) is 8.25. The molecule has 2 atom stereocenters. The van der Waals surface area contributed by atoms with E-state index in [4.69, 9.17) is 4.89 Å². The molecule has 0 fully saturated rings. The molecule has 0 aliphatic rings. The summed E-state index contributed by atoms with van der Waals surface area (Å²) >= 11 is 0. The van der Waals surface area contributed by atoms with Crippen molar-refractivity contribution in [1.82, 2.24) is 0 Å². The first-order valence-corrected chi connectivity index (χ1v) is 6.89. The lowest BCUT2D eigenvalue weighted by Gasteiger charge is -1.99. The molecule has 1 N–H and O–H groups in total. The summed E-state index contributed by atoms with van der Waals surface area (Å²) in [5.74, 6) is 0.128. The standard InChI is InChI=1S/C9H11O4PS/c1-8-2-4-9(5-3-8)6-15(12)7-13-14(10)11/h2-5H,6-7H2,1H3/p+1/t15-/m0/s1. The Morgan fingerprint density at radius 3 is 2.53 bits per heavy atom. The number of rotatable bonds is 5. The summed E-state index contributed by atoms with van der Waals surface area (Å²) in [6, 6.07) is 7.62. The molecule has 4 nitrogen and oxygen atoms in total. The summed E-state index contributed by atoms with van der Waals surface area (Å²) < 4.78 is 25.9. The lowest BCUT2D eigenvalue weighted by Crippen LogP contribution is -2.01. The summed E-state index contributed by atoms with van der Waals surface area (Å²) in [6.07, 6.45) is 0. The molecular formula is C9H12O4PS+. The van der Waals surface area contributed by atoms with Crippen LogP contribution < -0.4 is 0 Å². The summed E-state index contributed by atoms with van der Waals surface area (Å²) in [4.78, 5) is 8.36. The predicted molar refractivity (Wildman–Crippen MR) is 58.8 cm³/mol. The van der Waals surface area contributed by atoms with Crippen LogP contribution in [-0.4, -0.2) is 15.0 Å². The third-order valence-corrected chi connectivity index (χ3v) is 3.30. The monoisotopic (exact) mass is 247 g/mol. The molecule has 0 saturated carbocycles. The van der Waals surface area contributed by atoms with Gasteiger partial charge in [-0.15, -0.1) is 9.42 Å². The highest BCUT2D eigenvalue weighted by Gasteiger charge is 2.14. The molecule has 1 aromatic rings. The van der Waals surface area contributed by atoms with E-state index in [0.717, 1.165) is 11.1 Å². The van der Waals surface area contributed by atoms with Crippen molar-refractivity contribution in [2.45, 2.75) is 12.7 Å². The molecule has 1 rings (SSSR count). The SMILES string of the molecule is Cc1ccc(C[S@](=O)CO[P+](=O)O)cc1. The van der Waals surface area contributed by atoms with Crippen molar-refractivity contribution in [2.24, 2.45) is 0 Å². The summed E-state index contributed by atoms with van der Waals surface area (Å²) in [6.45, 7) is 1.97. The first-order valence-electron chi connectivity index (χ1n) is 4.27. The Morgan fingerprint density at radius 2 is 2.00 bits per heavy atom. The van der Waals surface area contributed by atoms with Gasteiger partial charge in [-0.05, 0) is 12.5 Å². The van der Waals surface area contributed by atoms with Crippen LogP contribution in [0.4, 0.5) is 0 Å². The van der Waals surface area contributed by atoms with E-state index in [1.807, 2.05) is 31.2 Å². The van der Waals surface area contributed by atoms with Gasteiger partial charge in [-0.25, -0.2) is 0 Å². The Labute approximate surface area is 91.7 Å².